The maximum absolute atomic E-state index is 12.9. The van der Waals surface area contributed by atoms with E-state index in [-0.39, 0.29) is 24.5 Å². The first-order chi connectivity index (χ1) is 14.2. The van der Waals surface area contributed by atoms with E-state index in [1.54, 1.807) is 0 Å². The third-order valence-corrected chi connectivity index (χ3v) is 6.32. The van der Waals surface area contributed by atoms with E-state index >= 15 is 0 Å². The number of amides is 1. The zero-order valence-corrected chi connectivity index (χ0v) is 17.8. The molecule has 2 aliphatic rings. The van der Waals surface area contributed by atoms with Crippen LogP contribution in [0.25, 0.3) is 0 Å². The highest BCUT2D eigenvalue weighted by Crippen LogP contribution is 2.38. The summed E-state index contributed by atoms with van der Waals surface area (Å²) in [6.45, 7) is 4.69. The Labute approximate surface area is 174 Å². The molecule has 6 nitrogen and oxygen atoms in total. The highest BCUT2D eigenvalue weighted by Gasteiger charge is 2.31. The summed E-state index contributed by atoms with van der Waals surface area (Å²) in [6.07, 6.45) is 8.86. The Bertz CT molecular complexity index is 692. The predicted molar refractivity (Wildman–Crippen MR) is 118 cm³/mol. The number of guanidine groups is 1. The van der Waals surface area contributed by atoms with Crippen LogP contribution in [0.5, 0.6) is 0 Å². The van der Waals surface area contributed by atoms with Crippen molar-refractivity contribution in [2.24, 2.45) is 10.4 Å². The first-order valence-corrected chi connectivity index (χ1v) is 11.2. The lowest BCUT2D eigenvalue weighted by atomic mass is 9.72. The lowest BCUT2D eigenvalue weighted by Gasteiger charge is -2.37. The van der Waals surface area contributed by atoms with Gasteiger partial charge in [-0.2, -0.15) is 0 Å². The monoisotopic (exact) mass is 400 g/mol. The number of aliphatic hydroxyl groups is 1. The van der Waals surface area contributed by atoms with Gasteiger partial charge in [-0.15, -0.1) is 0 Å². The summed E-state index contributed by atoms with van der Waals surface area (Å²) in [5.74, 6) is 0.728. The van der Waals surface area contributed by atoms with Gasteiger partial charge >= 0.3 is 0 Å². The van der Waals surface area contributed by atoms with E-state index < -0.39 is 0 Å². The fraction of sp³-hybridized carbons (Fsp3) is 0.652. The molecule has 29 heavy (non-hydrogen) atoms. The molecule has 0 bridgehead atoms. The Hall–Kier alpha value is -2.08. The minimum atomic E-state index is 0.0390. The fourth-order valence-electron chi connectivity index (χ4n) is 4.69. The number of fused-ring (bicyclic) bond motifs is 1. The zero-order valence-electron chi connectivity index (χ0n) is 17.8. The van der Waals surface area contributed by atoms with Crippen molar-refractivity contribution in [1.82, 2.24) is 10.6 Å². The van der Waals surface area contributed by atoms with Crippen LogP contribution in [0.3, 0.4) is 0 Å². The van der Waals surface area contributed by atoms with Crippen LogP contribution in [0.1, 0.15) is 57.4 Å². The van der Waals surface area contributed by atoms with Gasteiger partial charge in [-0.1, -0.05) is 37.5 Å². The molecule has 1 aliphatic carbocycles. The average Bonchev–Trinajstić information content (AvgIpc) is 2.76. The molecule has 0 radical (unpaired) electrons. The third-order valence-electron chi connectivity index (χ3n) is 6.32. The first kappa shape index (κ1) is 21.6. The molecular weight excluding hydrogens is 364 g/mol. The smallest absolute Gasteiger partial charge is 0.248 e. The van der Waals surface area contributed by atoms with Gasteiger partial charge in [0.15, 0.2) is 5.96 Å². The Kier molecular flexibility index (Phi) is 7.92. The molecule has 0 aromatic heterocycles. The zero-order chi connectivity index (χ0) is 20.5. The summed E-state index contributed by atoms with van der Waals surface area (Å²) < 4.78 is 0. The van der Waals surface area contributed by atoms with E-state index in [1.165, 1.54) is 24.8 Å². The minimum absolute atomic E-state index is 0.0390. The van der Waals surface area contributed by atoms with Crippen LogP contribution in [-0.2, 0) is 11.2 Å². The first-order valence-electron chi connectivity index (χ1n) is 11.2. The number of aliphatic imine (C=N–C) groups is 1. The maximum atomic E-state index is 12.9. The van der Waals surface area contributed by atoms with E-state index in [0.717, 1.165) is 57.4 Å². The third kappa shape index (κ3) is 5.72. The van der Waals surface area contributed by atoms with Gasteiger partial charge in [-0.3, -0.25) is 4.79 Å². The van der Waals surface area contributed by atoms with Crippen molar-refractivity contribution in [3.05, 3.63) is 29.8 Å². The number of para-hydroxylation sites is 1. The van der Waals surface area contributed by atoms with Crippen LogP contribution in [-0.4, -0.2) is 49.8 Å². The van der Waals surface area contributed by atoms with Gasteiger partial charge in [0.1, 0.15) is 6.54 Å². The number of carbonyl (C=O) groups excluding carboxylic acids is 1. The van der Waals surface area contributed by atoms with Crippen molar-refractivity contribution >= 4 is 17.6 Å². The number of nitrogens with one attached hydrogen (secondary N) is 2. The molecule has 6 heteroatoms. The summed E-state index contributed by atoms with van der Waals surface area (Å²) in [5, 5.41) is 16.2. The molecule has 160 valence electrons. The van der Waals surface area contributed by atoms with E-state index in [1.807, 2.05) is 30.0 Å². The number of nitrogens with zero attached hydrogens (tertiary/aromatic N) is 2. The summed E-state index contributed by atoms with van der Waals surface area (Å²) in [4.78, 5) is 19.3. The van der Waals surface area contributed by atoms with Gasteiger partial charge in [0.25, 0.3) is 0 Å². The normalized spacial score (nSPS) is 18.8. The van der Waals surface area contributed by atoms with Crippen molar-refractivity contribution in [3.63, 3.8) is 0 Å². The molecule has 1 heterocycles. The van der Waals surface area contributed by atoms with Crippen molar-refractivity contribution in [2.45, 2.75) is 58.3 Å². The van der Waals surface area contributed by atoms with Crippen LogP contribution < -0.4 is 15.5 Å². The SMILES string of the molecule is CCNC(=NCC(=O)N1CCCc2ccccc21)NCC1(CCO)CCCCC1. The molecule has 1 amide bonds. The van der Waals surface area contributed by atoms with E-state index in [4.69, 9.17) is 0 Å². The number of aryl methyl sites for hydroxylation is 1. The molecule has 3 rings (SSSR count). The molecule has 3 N–H and O–H groups in total. The Balaban J connectivity index is 1.62. The van der Waals surface area contributed by atoms with Gasteiger partial charge < -0.3 is 20.6 Å². The van der Waals surface area contributed by atoms with Crippen LogP contribution >= 0.6 is 0 Å². The largest absolute Gasteiger partial charge is 0.396 e. The molecule has 0 atom stereocenters. The van der Waals surface area contributed by atoms with Crippen molar-refractivity contribution < 1.29 is 9.90 Å². The summed E-state index contributed by atoms with van der Waals surface area (Å²) in [5.41, 5.74) is 2.41. The van der Waals surface area contributed by atoms with Gasteiger partial charge in [-0.05, 0) is 56.1 Å². The maximum Gasteiger partial charge on any atom is 0.248 e. The fourth-order valence-corrected chi connectivity index (χ4v) is 4.69. The number of aliphatic hydroxyl groups excluding tert-OH is 1. The van der Waals surface area contributed by atoms with E-state index in [0.29, 0.717) is 5.96 Å². The molecule has 1 aliphatic heterocycles. The topological polar surface area (TPSA) is 77.0 Å². The number of anilines is 1. The number of benzene rings is 1. The van der Waals surface area contributed by atoms with Gasteiger partial charge in [0, 0.05) is 31.9 Å². The highest BCUT2D eigenvalue weighted by atomic mass is 16.3. The molecule has 1 fully saturated rings. The van der Waals surface area contributed by atoms with Crippen molar-refractivity contribution in [2.75, 3.05) is 37.7 Å². The minimum Gasteiger partial charge on any atom is -0.396 e. The van der Waals surface area contributed by atoms with Crippen molar-refractivity contribution in [1.29, 1.82) is 0 Å². The lowest BCUT2D eigenvalue weighted by molar-refractivity contribution is -0.117. The molecule has 0 spiro atoms. The highest BCUT2D eigenvalue weighted by molar-refractivity contribution is 5.97. The predicted octanol–water partition coefficient (Wildman–Crippen LogP) is 2.85. The van der Waals surface area contributed by atoms with Gasteiger partial charge in [-0.25, -0.2) is 4.99 Å². The molecule has 1 saturated carbocycles. The average molecular weight is 401 g/mol. The van der Waals surface area contributed by atoms with Gasteiger partial charge in [0.05, 0.1) is 0 Å². The van der Waals surface area contributed by atoms with Crippen LogP contribution in [0.4, 0.5) is 5.69 Å². The number of hydrogen-bond acceptors (Lipinski definition) is 3. The second-order valence-corrected chi connectivity index (χ2v) is 8.36. The second-order valence-electron chi connectivity index (χ2n) is 8.36. The summed E-state index contributed by atoms with van der Waals surface area (Å²) >= 11 is 0. The Morgan fingerprint density at radius 3 is 2.72 bits per heavy atom. The van der Waals surface area contributed by atoms with Crippen molar-refractivity contribution in [3.8, 4) is 0 Å². The second kappa shape index (κ2) is 10.6. The van der Waals surface area contributed by atoms with E-state index in [2.05, 4.69) is 21.7 Å². The van der Waals surface area contributed by atoms with Crippen LogP contribution in [0.15, 0.2) is 29.3 Å². The summed E-state index contributed by atoms with van der Waals surface area (Å²) in [7, 11) is 0. The molecule has 1 aromatic carbocycles. The lowest BCUT2D eigenvalue weighted by Crippen LogP contribution is -2.45. The number of hydrogen-bond donors (Lipinski definition) is 3. The van der Waals surface area contributed by atoms with E-state index in [9.17, 15) is 9.90 Å². The summed E-state index contributed by atoms with van der Waals surface area (Å²) in [6, 6.07) is 8.16. The van der Waals surface area contributed by atoms with Crippen LogP contribution in [0, 0.1) is 5.41 Å². The number of carbonyl (C=O) groups is 1. The standard InChI is InChI=1S/C23H36N4O2/c1-2-24-22(26-18-23(14-16-28)12-6-3-7-13-23)25-17-21(29)27-15-8-10-19-9-4-5-11-20(19)27/h4-5,9,11,28H,2-3,6-8,10,12-18H2,1H3,(H2,24,25,26). The van der Waals surface area contributed by atoms with Crippen LogP contribution in [0.2, 0.25) is 0 Å². The number of rotatable bonds is 7. The Morgan fingerprint density at radius 1 is 1.17 bits per heavy atom. The molecular formula is C23H36N4O2. The molecule has 1 aromatic rings. The van der Waals surface area contributed by atoms with Gasteiger partial charge in [0.2, 0.25) is 5.91 Å². The Morgan fingerprint density at radius 2 is 1.97 bits per heavy atom. The molecule has 0 unspecified atom stereocenters. The quantitative estimate of drug-likeness (QED) is 0.486. The molecule has 0 saturated heterocycles.